The Kier molecular flexibility index (Phi) is 3.10. The number of hydrogen-bond acceptors (Lipinski definition) is 0. The molecule has 0 bridgehead atoms. The smallest absolute Gasteiger partial charge is 0.0108 e. The molecule has 0 atom stereocenters. The molecular formula is C20H20. The highest BCUT2D eigenvalue weighted by atomic mass is 14.2. The molecule has 3 rings (SSSR count). The second-order valence-electron chi connectivity index (χ2n) is 6.43. The van der Waals surface area contributed by atoms with E-state index in [1.54, 1.807) is 0 Å². The van der Waals surface area contributed by atoms with Crippen molar-refractivity contribution in [3.63, 3.8) is 0 Å². The van der Waals surface area contributed by atoms with E-state index in [4.69, 9.17) is 0 Å². The van der Waals surface area contributed by atoms with Gasteiger partial charge in [0.1, 0.15) is 0 Å². The Morgan fingerprint density at radius 1 is 0.700 bits per heavy atom. The van der Waals surface area contributed by atoms with Crippen molar-refractivity contribution >= 4 is 17.7 Å². The average Bonchev–Trinajstić information content (AvgIpc) is 2.56. The highest BCUT2D eigenvalue weighted by Crippen LogP contribution is 2.36. The van der Waals surface area contributed by atoms with Crippen LogP contribution >= 0.6 is 0 Å². The minimum absolute atomic E-state index is 0.153. The zero-order chi connectivity index (χ0) is 14.2. The van der Waals surface area contributed by atoms with Crippen LogP contribution in [0.4, 0.5) is 0 Å². The number of fused-ring (bicyclic) bond motifs is 2. The molecule has 0 spiro atoms. The number of benzene rings is 2. The lowest BCUT2D eigenvalue weighted by Crippen LogP contribution is -2.03. The first-order chi connectivity index (χ1) is 9.54. The zero-order valence-corrected chi connectivity index (χ0v) is 12.4. The van der Waals surface area contributed by atoms with E-state index in [-0.39, 0.29) is 5.41 Å². The summed E-state index contributed by atoms with van der Waals surface area (Å²) in [5, 5.41) is 0. The van der Waals surface area contributed by atoms with Gasteiger partial charge >= 0.3 is 0 Å². The van der Waals surface area contributed by atoms with Gasteiger partial charge in [-0.3, -0.25) is 0 Å². The summed E-state index contributed by atoms with van der Waals surface area (Å²) in [4.78, 5) is 0. The highest BCUT2D eigenvalue weighted by Gasteiger charge is 2.17. The van der Waals surface area contributed by atoms with E-state index in [1.807, 2.05) is 0 Å². The van der Waals surface area contributed by atoms with Crippen LogP contribution in [0.1, 0.15) is 43.0 Å². The van der Waals surface area contributed by atoms with Gasteiger partial charge in [-0.1, -0.05) is 87.5 Å². The van der Waals surface area contributed by atoms with Gasteiger partial charge in [-0.25, -0.2) is 0 Å². The van der Waals surface area contributed by atoms with Gasteiger partial charge in [0, 0.05) is 0 Å². The fourth-order valence-corrected chi connectivity index (χ4v) is 2.69. The van der Waals surface area contributed by atoms with Gasteiger partial charge in [-0.15, -0.1) is 0 Å². The van der Waals surface area contributed by atoms with Crippen molar-refractivity contribution in [2.24, 2.45) is 5.41 Å². The molecule has 100 valence electrons. The van der Waals surface area contributed by atoms with Crippen molar-refractivity contribution in [3.05, 3.63) is 76.9 Å². The largest absolute Gasteiger partial charge is 0.0706 e. The van der Waals surface area contributed by atoms with E-state index in [0.29, 0.717) is 0 Å². The standard InChI is InChI=1S/C20H20/c1-20(2,3)14-19-17-10-6-4-8-15(17)12-13-16-9-5-7-11-18(16)19/h4-14H,1-3H3. The Morgan fingerprint density at radius 2 is 1.15 bits per heavy atom. The lowest BCUT2D eigenvalue weighted by atomic mass is 9.86. The Balaban J connectivity index is 2.32. The molecule has 0 saturated carbocycles. The third-order valence-electron chi connectivity index (χ3n) is 3.52. The molecule has 2 aromatic rings. The van der Waals surface area contributed by atoms with Crippen molar-refractivity contribution in [1.29, 1.82) is 0 Å². The quantitative estimate of drug-likeness (QED) is 0.490. The van der Waals surface area contributed by atoms with Crippen molar-refractivity contribution in [3.8, 4) is 0 Å². The first-order valence-electron chi connectivity index (χ1n) is 7.14. The maximum atomic E-state index is 2.39. The van der Waals surface area contributed by atoms with Gasteiger partial charge in [-0.05, 0) is 33.2 Å². The first kappa shape index (κ1) is 12.9. The number of rotatable bonds is 0. The molecule has 0 nitrogen and oxygen atoms in total. The van der Waals surface area contributed by atoms with Crippen molar-refractivity contribution in [2.75, 3.05) is 0 Å². The second kappa shape index (κ2) is 4.79. The fourth-order valence-electron chi connectivity index (χ4n) is 2.69. The summed E-state index contributed by atoms with van der Waals surface area (Å²) in [6, 6.07) is 17.3. The highest BCUT2D eigenvalue weighted by molar-refractivity contribution is 5.93. The lowest BCUT2D eigenvalue weighted by molar-refractivity contribution is 0.546. The maximum Gasteiger partial charge on any atom is -0.0108 e. The van der Waals surface area contributed by atoms with E-state index < -0.39 is 0 Å². The summed E-state index contributed by atoms with van der Waals surface area (Å²) in [6.45, 7) is 6.76. The van der Waals surface area contributed by atoms with Gasteiger partial charge in [-0.2, -0.15) is 0 Å². The first-order valence-corrected chi connectivity index (χ1v) is 7.14. The summed E-state index contributed by atoms with van der Waals surface area (Å²) < 4.78 is 0. The average molecular weight is 260 g/mol. The SMILES string of the molecule is CC(C)(C)C=C1c2ccccc2C=Cc2ccccc21. The molecule has 0 amide bonds. The van der Waals surface area contributed by atoms with E-state index in [2.05, 4.69) is 87.5 Å². The molecule has 1 aliphatic rings. The van der Waals surface area contributed by atoms with Gasteiger partial charge in [0.15, 0.2) is 0 Å². The van der Waals surface area contributed by atoms with Crippen LogP contribution in [0.25, 0.3) is 17.7 Å². The minimum atomic E-state index is 0.153. The van der Waals surface area contributed by atoms with Gasteiger partial charge in [0.05, 0.1) is 0 Å². The van der Waals surface area contributed by atoms with Crippen LogP contribution < -0.4 is 0 Å². The predicted molar refractivity (Wildman–Crippen MR) is 88.3 cm³/mol. The monoisotopic (exact) mass is 260 g/mol. The molecular weight excluding hydrogens is 240 g/mol. The third-order valence-corrected chi connectivity index (χ3v) is 3.52. The molecule has 0 unspecified atom stereocenters. The molecule has 0 N–H and O–H groups in total. The molecule has 0 heterocycles. The molecule has 0 aromatic heterocycles. The van der Waals surface area contributed by atoms with Crippen molar-refractivity contribution in [2.45, 2.75) is 20.8 Å². The van der Waals surface area contributed by atoms with Crippen molar-refractivity contribution in [1.82, 2.24) is 0 Å². The summed E-state index contributed by atoms with van der Waals surface area (Å²) in [7, 11) is 0. The maximum absolute atomic E-state index is 2.39. The third kappa shape index (κ3) is 2.46. The Labute approximate surface area is 121 Å². The molecule has 0 heteroatoms. The minimum Gasteiger partial charge on any atom is -0.0706 e. The Hall–Kier alpha value is -2.08. The second-order valence-corrected chi connectivity index (χ2v) is 6.43. The molecule has 20 heavy (non-hydrogen) atoms. The normalized spacial score (nSPS) is 13.4. The van der Waals surface area contributed by atoms with E-state index >= 15 is 0 Å². The van der Waals surface area contributed by atoms with Crippen LogP contribution in [-0.2, 0) is 0 Å². The Morgan fingerprint density at radius 3 is 1.60 bits per heavy atom. The molecule has 0 fully saturated rings. The molecule has 0 radical (unpaired) electrons. The van der Waals surface area contributed by atoms with Crippen LogP contribution in [0.15, 0.2) is 54.6 Å². The van der Waals surface area contributed by atoms with Crippen LogP contribution in [0.2, 0.25) is 0 Å². The van der Waals surface area contributed by atoms with Crippen LogP contribution in [0, 0.1) is 5.41 Å². The lowest BCUT2D eigenvalue weighted by Gasteiger charge is -2.18. The van der Waals surface area contributed by atoms with E-state index in [0.717, 1.165) is 0 Å². The van der Waals surface area contributed by atoms with Crippen LogP contribution in [-0.4, -0.2) is 0 Å². The van der Waals surface area contributed by atoms with Crippen LogP contribution in [0.5, 0.6) is 0 Å². The van der Waals surface area contributed by atoms with Gasteiger partial charge in [0.2, 0.25) is 0 Å². The summed E-state index contributed by atoms with van der Waals surface area (Å²) >= 11 is 0. The summed E-state index contributed by atoms with van der Waals surface area (Å²) in [5.74, 6) is 0. The van der Waals surface area contributed by atoms with Gasteiger partial charge in [0.25, 0.3) is 0 Å². The fraction of sp³-hybridized carbons (Fsp3) is 0.200. The predicted octanol–water partition coefficient (Wildman–Crippen LogP) is 5.65. The molecule has 1 aliphatic carbocycles. The summed E-state index contributed by atoms with van der Waals surface area (Å²) in [6.07, 6.45) is 6.83. The number of hydrogen-bond donors (Lipinski definition) is 0. The molecule has 0 aliphatic heterocycles. The van der Waals surface area contributed by atoms with Crippen molar-refractivity contribution < 1.29 is 0 Å². The topological polar surface area (TPSA) is 0 Å². The van der Waals surface area contributed by atoms with E-state index in [1.165, 1.54) is 27.8 Å². The van der Waals surface area contributed by atoms with E-state index in [9.17, 15) is 0 Å². The van der Waals surface area contributed by atoms with Gasteiger partial charge < -0.3 is 0 Å². The van der Waals surface area contributed by atoms with Crippen LogP contribution in [0.3, 0.4) is 0 Å². The molecule has 0 saturated heterocycles. The number of allylic oxidation sites excluding steroid dienone is 1. The zero-order valence-electron chi connectivity index (χ0n) is 12.4. The Bertz CT molecular complexity index is 642. The summed E-state index contributed by atoms with van der Waals surface area (Å²) in [5.41, 5.74) is 6.72. The molecule has 2 aromatic carbocycles.